The molecule has 0 amide bonds. The van der Waals surface area contributed by atoms with Gasteiger partial charge >= 0.3 is 0 Å². The number of rotatable bonds is 7. The van der Waals surface area contributed by atoms with Gasteiger partial charge in [0.25, 0.3) is 0 Å². The molecule has 0 aliphatic heterocycles. The van der Waals surface area contributed by atoms with Crippen molar-refractivity contribution in [3.05, 3.63) is 56.5 Å². The first-order valence-electron chi connectivity index (χ1n) is 7.09. The van der Waals surface area contributed by atoms with Crippen LogP contribution in [0, 0.1) is 0 Å². The van der Waals surface area contributed by atoms with Gasteiger partial charge in [0.05, 0.1) is 22.7 Å². The van der Waals surface area contributed by atoms with Crippen LogP contribution in [0.25, 0.3) is 0 Å². The molecule has 0 unspecified atom stereocenters. The van der Waals surface area contributed by atoms with Crippen molar-refractivity contribution in [3.63, 3.8) is 0 Å². The highest BCUT2D eigenvalue weighted by atomic mass is 79.9. The third-order valence-electron chi connectivity index (χ3n) is 3.18. The maximum absolute atomic E-state index is 5.60. The van der Waals surface area contributed by atoms with Gasteiger partial charge in [0, 0.05) is 18.7 Å². The summed E-state index contributed by atoms with van der Waals surface area (Å²) in [6.45, 7) is 4.14. The Morgan fingerprint density at radius 2 is 1.70 bits per heavy atom. The molecule has 0 heterocycles. The Balaban J connectivity index is 0.00000264. The zero-order valence-electron chi connectivity index (χ0n) is 13.1. The van der Waals surface area contributed by atoms with E-state index in [-0.39, 0.29) is 12.4 Å². The SMILES string of the molecule is CCOc1c(Br)cc(CNCc2ccccc2OC)cc1Br.Cl. The number of para-hydroxylation sites is 1. The number of nitrogens with one attached hydrogen (secondary N) is 1. The summed E-state index contributed by atoms with van der Waals surface area (Å²) in [5.74, 6) is 1.75. The molecule has 0 aromatic heterocycles. The average Bonchev–Trinajstić information content (AvgIpc) is 2.51. The number of hydrogen-bond donors (Lipinski definition) is 1. The van der Waals surface area contributed by atoms with E-state index in [1.54, 1.807) is 7.11 Å². The van der Waals surface area contributed by atoms with E-state index in [4.69, 9.17) is 9.47 Å². The highest BCUT2D eigenvalue weighted by molar-refractivity contribution is 9.11. The molecule has 2 aromatic carbocycles. The lowest BCUT2D eigenvalue weighted by Gasteiger charge is -2.12. The molecule has 2 aromatic rings. The normalized spacial score (nSPS) is 10.1. The molecular weight excluding hydrogens is 445 g/mol. The van der Waals surface area contributed by atoms with Crippen molar-refractivity contribution in [1.82, 2.24) is 5.32 Å². The Morgan fingerprint density at radius 1 is 1.04 bits per heavy atom. The fourth-order valence-corrected chi connectivity index (χ4v) is 3.70. The Hall–Kier alpha value is -0.750. The second-order valence-electron chi connectivity index (χ2n) is 4.74. The molecule has 0 fully saturated rings. The van der Waals surface area contributed by atoms with Crippen LogP contribution in [0.15, 0.2) is 45.3 Å². The minimum Gasteiger partial charge on any atom is -0.496 e. The zero-order valence-corrected chi connectivity index (χ0v) is 17.1. The molecule has 0 aliphatic carbocycles. The summed E-state index contributed by atoms with van der Waals surface area (Å²) < 4.78 is 12.9. The third-order valence-corrected chi connectivity index (χ3v) is 4.36. The van der Waals surface area contributed by atoms with Crippen LogP contribution in [0.2, 0.25) is 0 Å². The standard InChI is InChI=1S/C17H19Br2NO2.ClH/c1-3-22-17-14(18)8-12(9-15(17)19)10-20-11-13-6-4-5-7-16(13)21-2;/h4-9,20H,3,10-11H2,1-2H3;1H. The molecule has 0 saturated heterocycles. The van der Waals surface area contributed by atoms with Gasteiger partial charge in [-0.15, -0.1) is 12.4 Å². The molecule has 3 nitrogen and oxygen atoms in total. The zero-order chi connectivity index (χ0) is 15.9. The second kappa shape index (κ2) is 10.2. The van der Waals surface area contributed by atoms with Gasteiger partial charge in [0.15, 0.2) is 0 Å². The number of hydrogen-bond acceptors (Lipinski definition) is 3. The molecule has 0 aliphatic rings. The maximum Gasteiger partial charge on any atom is 0.147 e. The quantitative estimate of drug-likeness (QED) is 0.600. The first-order chi connectivity index (χ1) is 10.7. The van der Waals surface area contributed by atoms with Crippen molar-refractivity contribution in [2.75, 3.05) is 13.7 Å². The van der Waals surface area contributed by atoms with E-state index in [0.29, 0.717) is 6.61 Å². The van der Waals surface area contributed by atoms with E-state index in [2.05, 4.69) is 55.4 Å². The van der Waals surface area contributed by atoms with Crippen molar-refractivity contribution in [2.45, 2.75) is 20.0 Å². The van der Waals surface area contributed by atoms with Crippen LogP contribution in [0.1, 0.15) is 18.1 Å². The number of methoxy groups -OCH3 is 1. The fourth-order valence-electron chi connectivity index (χ4n) is 2.19. The van der Waals surface area contributed by atoms with Gasteiger partial charge in [-0.25, -0.2) is 0 Å². The predicted octanol–water partition coefficient (Wildman–Crippen LogP) is 5.33. The van der Waals surface area contributed by atoms with Crippen LogP contribution < -0.4 is 14.8 Å². The average molecular weight is 466 g/mol. The van der Waals surface area contributed by atoms with E-state index < -0.39 is 0 Å². The molecule has 23 heavy (non-hydrogen) atoms. The maximum atomic E-state index is 5.60. The van der Waals surface area contributed by atoms with Crippen LogP contribution in [0.5, 0.6) is 11.5 Å². The fraction of sp³-hybridized carbons (Fsp3) is 0.294. The summed E-state index contributed by atoms with van der Waals surface area (Å²) in [7, 11) is 1.69. The van der Waals surface area contributed by atoms with Crippen molar-refractivity contribution in [3.8, 4) is 11.5 Å². The molecule has 0 spiro atoms. The molecular formula is C17H20Br2ClNO2. The van der Waals surface area contributed by atoms with Gasteiger partial charge in [-0.2, -0.15) is 0 Å². The van der Waals surface area contributed by atoms with Gasteiger partial charge in [-0.3, -0.25) is 0 Å². The van der Waals surface area contributed by atoms with Crippen molar-refractivity contribution in [2.24, 2.45) is 0 Å². The van der Waals surface area contributed by atoms with Gasteiger partial charge in [0.1, 0.15) is 11.5 Å². The number of ether oxygens (including phenoxy) is 2. The lowest BCUT2D eigenvalue weighted by molar-refractivity contribution is 0.336. The molecule has 0 radical (unpaired) electrons. The van der Waals surface area contributed by atoms with Crippen molar-refractivity contribution < 1.29 is 9.47 Å². The minimum absolute atomic E-state index is 0. The molecule has 6 heteroatoms. The molecule has 1 N–H and O–H groups in total. The largest absolute Gasteiger partial charge is 0.496 e. The second-order valence-corrected chi connectivity index (χ2v) is 6.45. The lowest BCUT2D eigenvalue weighted by atomic mass is 10.2. The Morgan fingerprint density at radius 3 is 2.30 bits per heavy atom. The van der Waals surface area contributed by atoms with E-state index in [9.17, 15) is 0 Å². The molecule has 2 rings (SSSR count). The van der Waals surface area contributed by atoms with Gasteiger partial charge in [0.2, 0.25) is 0 Å². The monoisotopic (exact) mass is 463 g/mol. The van der Waals surface area contributed by atoms with Crippen LogP contribution in [-0.2, 0) is 13.1 Å². The summed E-state index contributed by atoms with van der Waals surface area (Å²) in [6, 6.07) is 12.2. The van der Waals surface area contributed by atoms with E-state index >= 15 is 0 Å². The third kappa shape index (κ3) is 5.68. The van der Waals surface area contributed by atoms with Crippen LogP contribution in [0.4, 0.5) is 0 Å². The Kier molecular flexibility index (Phi) is 8.99. The van der Waals surface area contributed by atoms with E-state index in [1.807, 2.05) is 25.1 Å². The van der Waals surface area contributed by atoms with E-state index in [0.717, 1.165) is 39.1 Å². The summed E-state index contributed by atoms with van der Waals surface area (Å²) >= 11 is 7.11. The molecule has 0 atom stereocenters. The van der Waals surface area contributed by atoms with Gasteiger partial charge in [-0.1, -0.05) is 18.2 Å². The summed E-state index contributed by atoms with van der Waals surface area (Å²) in [5, 5.41) is 3.44. The predicted molar refractivity (Wildman–Crippen MR) is 104 cm³/mol. The summed E-state index contributed by atoms with van der Waals surface area (Å²) in [6.07, 6.45) is 0. The van der Waals surface area contributed by atoms with Crippen LogP contribution >= 0.6 is 44.3 Å². The number of benzene rings is 2. The highest BCUT2D eigenvalue weighted by Crippen LogP contribution is 2.34. The molecule has 0 bridgehead atoms. The topological polar surface area (TPSA) is 30.5 Å². The van der Waals surface area contributed by atoms with Gasteiger partial charge < -0.3 is 14.8 Å². The van der Waals surface area contributed by atoms with Crippen molar-refractivity contribution >= 4 is 44.3 Å². The van der Waals surface area contributed by atoms with Crippen LogP contribution in [0.3, 0.4) is 0 Å². The summed E-state index contributed by atoms with van der Waals surface area (Å²) in [4.78, 5) is 0. The smallest absolute Gasteiger partial charge is 0.147 e. The van der Waals surface area contributed by atoms with Gasteiger partial charge in [-0.05, 0) is 62.5 Å². The first kappa shape index (κ1) is 20.3. The van der Waals surface area contributed by atoms with Crippen molar-refractivity contribution in [1.29, 1.82) is 0 Å². The van der Waals surface area contributed by atoms with Crippen LogP contribution in [-0.4, -0.2) is 13.7 Å². The Labute approximate surface area is 160 Å². The summed E-state index contributed by atoms with van der Waals surface area (Å²) in [5.41, 5.74) is 2.33. The minimum atomic E-state index is 0. The number of halogens is 3. The Bertz CT molecular complexity index is 615. The lowest BCUT2D eigenvalue weighted by Crippen LogP contribution is -2.13. The highest BCUT2D eigenvalue weighted by Gasteiger charge is 2.08. The van der Waals surface area contributed by atoms with E-state index in [1.165, 1.54) is 5.56 Å². The molecule has 126 valence electrons. The molecule has 0 saturated carbocycles. The first-order valence-corrected chi connectivity index (χ1v) is 8.67.